The molecule has 2 bridgehead atoms. The van der Waals surface area contributed by atoms with Crippen LogP contribution in [0.15, 0.2) is 24.3 Å². The van der Waals surface area contributed by atoms with E-state index in [1.54, 1.807) is 14.2 Å². The minimum Gasteiger partial charge on any atom is -0.347 e. The summed E-state index contributed by atoms with van der Waals surface area (Å²) in [7, 11) is 3.08. The maximum atomic E-state index is 12.5. The molecule has 3 atom stereocenters. The number of Topliss-reactive ketones (excluding diaryl/α,β-unsaturated/α-hetero) is 1. The van der Waals surface area contributed by atoms with Gasteiger partial charge in [0.25, 0.3) is 0 Å². The van der Waals surface area contributed by atoms with Crippen molar-refractivity contribution in [2.75, 3.05) is 14.2 Å². The fraction of sp³-hybridized carbons (Fsp3) is 0.643. The van der Waals surface area contributed by atoms with Gasteiger partial charge in [0, 0.05) is 20.1 Å². The highest BCUT2D eigenvalue weighted by atomic mass is 16.7. The van der Waals surface area contributed by atoms with Gasteiger partial charge in [-0.1, -0.05) is 24.6 Å². The Balaban J connectivity index is 2.55. The molecule has 1 fully saturated rings. The van der Waals surface area contributed by atoms with E-state index in [-0.39, 0.29) is 23.0 Å². The first-order valence-electron chi connectivity index (χ1n) is 5.91. The zero-order valence-corrected chi connectivity index (χ0v) is 10.9. The lowest BCUT2D eigenvalue weighted by Gasteiger charge is -2.53. The summed E-state index contributed by atoms with van der Waals surface area (Å²) in [6.07, 6.45) is 4.78. The second-order valence-electron chi connectivity index (χ2n) is 5.30. The monoisotopic (exact) mass is 236 g/mol. The van der Waals surface area contributed by atoms with Crippen LogP contribution in [-0.4, -0.2) is 25.8 Å². The first kappa shape index (κ1) is 12.5. The van der Waals surface area contributed by atoms with Crippen LogP contribution in [0.4, 0.5) is 0 Å². The van der Waals surface area contributed by atoms with E-state index < -0.39 is 5.79 Å². The van der Waals surface area contributed by atoms with Crippen molar-refractivity contribution in [2.45, 2.75) is 26.1 Å². The van der Waals surface area contributed by atoms with Gasteiger partial charge in [-0.05, 0) is 18.8 Å². The molecule has 3 rings (SSSR count). The Hall–Kier alpha value is -0.930. The molecule has 0 aromatic heterocycles. The predicted octanol–water partition coefficient (Wildman–Crippen LogP) is 2.33. The van der Waals surface area contributed by atoms with Crippen molar-refractivity contribution in [3.8, 4) is 0 Å². The van der Waals surface area contributed by atoms with Crippen LogP contribution >= 0.6 is 0 Å². The van der Waals surface area contributed by atoms with Crippen molar-refractivity contribution >= 4 is 5.78 Å². The van der Waals surface area contributed by atoms with Gasteiger partial charge >= 0.3 is 0 Å². The van der Waals surface area contributed by atoms with Crippen molar-refractivity contribution in [1.29, 1.82) is 0 Å². The summed E-state index contributed by atoms with van der Waals surface area (Å²) in [5.74, 6) is -1.28. The molecule has 1 saturated carbocycles. The number of rotatable bonds is 3. The molecule has 0 aromatic carbocycles. The third-order valence-corrected chi connectivity index (χ3v) is 4.49. The highest BCUT2D eigenvalue weighted by molar-refractivity contribution is 5.93. The molecule has 0 unspecified atom stereocenters. The fourth-order valence-corrected chi connectivity index (χ4v) is 3.27. The largest absolute Gasteiger partial charge is 0.347 e. The summed E-state index contributed by atoms with van der Waals surface area (Å²) in [6, 6.07) is 0. The Kier molecular flexibility index (Phi) is 2.79. The Morgan fingerprint density at radius 3 is 2.53 bits per heavy atom. The van der Waals surface area contributed by atoms with Crippen molar-refractivity contribution in [3.63, 3.8) is 0 Å². The summed E-state index contributed by atoms with van der Waals surface area (Å²) in [5, 5.41) is 0. The van der Waals surface area contributed by atoms with Crippen LogP contribution in [-0.2, 0) is 14.3 Å². The predicted molar refractivity (Wildman–Crippen MR) is 65.4 cm³/mol. The van der Waals surface area contributed by atoms with E-state index in [2.05, 4.69) is 19.6 Å². The van der Waals surface area contributed by atoms with Gasteiger partial charge in [0.1, 0.15) is 0 Å². The van der Waals surface area contributed by atoms with E-state index in [1.807, 2.05) is 13.0 Å². The third-order valence-electron chi connectivity index (χ3n) is 4.49. The minimum absolute atomic E-state index is 0.0157. The smallest absolute Gasteiger partial charge is 0.235 e. The van der Waals surface area contributed by atoms with Crippen molar-refractivity contribution in [1.82, 2.24) is 0 Å². The Morgan fingerprint density at radius 2 is 2.06 bits per heavy atom. The van der Waals surface area contributed by atoms with Crippen LogP contribution in [0.2, 0.25) is 0 Å². The van der Waals surface area contributed by atoms with E-state index in [0.717, 1.165) is 6.42 Å². The van der Waals surface area contributed by atoms with E-state index in [9.17, 15) is 4.79 Å². The average molecular weight is 236 g/mol. The molecule has 3 heteroatoms. The van der Waals surface area contributed by atoms with Gasteiger partial charge in [0.05, 0.1) is 5.92 Å². The lowest BCUT2D eigenvalue weighted by molar-refractivity contribution is -0.245. The summed E-state index contributed by atoms with van der Waals surface area (Å²) in [5.41, 5.74) is 1.000. The molecular weight excluding hydrogens is 216 g/mol. The van der Waals surface area contributed by atoms with Crippen LogP contribution in [0.25, 0.3) is 0 Å². The molecule has 0 heterocycles. The molecule has 0 aliphatic heterocycles. The number of fused-ring (bicyclic) bond motifs is 2. The van der Waals surface area contributed by atoms with E-state index in [0.29, 0.717) is 0 Å². The lowest BCUT2D eigenvalue weighted by Crippen LogP contribution is -2.62. The molecular formula is C14H20O3. The van der Waals surface area contributed by atoms with Crippen molar-refractivity contribution in [2.24, 2.45) is 17.3 Å². The second kappa shape index (κ2) is 3.79. The van der Waals surface area contributed by atoms with Gasteiger partial charge in [-0.3, -0.25) is 4.79 Å². The topological polar surface area (TPSA) is 35.5 Å². The Bertz CT molecular complexity index is 392. The van der Waals surface area contributed by atoms with E-state index in [4.69, 9.17) is 9.47 Å². The molecule has 3 aliphatic rings. The van der Waals surface area contributed by atoms with Gasteiger partial charge in [-0.25, -0.2) is 0 Å². The van der Waals surface area contributed by atoms with Crippen LogP contribution < -0.4 is 0 Å². The molecule has 0 N–H and O–H groups in total. The van der Waals surface area contributed by atoms with Gasteiger partial charge in [-0.2, -0.15) is 0 Å². The normalized spacial score (nSPS) is 39.1. The lowest BCUT2D eigenvalue weighted by atomic mass is 9.55. The molecule has 0 aromatic rings. The van der Waals surface area contributed by atoms with Crippen molar-refractivity contribution < 1.29 is 14.3 Å². The minimum atomic E-state index is -1.09. The zero-order chi connectivity index (χ0) is 12.8. The number of hydrogen-bond donors (Lipinski definition) is 0. The first-order valence-corrected chi connectivity index (χ1v) is 5.91. The van der Waals surface area contributed by atoms with Crippen LogP contribution in [0, 0.1) is 17.3 Å². The van der Waals surface area contributed by atoms with E-state index >= 15 is 0 Å². The zero-order valence-electron chi connectivity index (χ0n) is 10.9. The number of ether oxygens (including phenoxy) is 2. The number of ketones is 1. The van der Waals surface area contributed by atoms with E-state index in [1.165, 1.54) is 5.57 Å². The maximum Gasteiger partial charge on any atom is 0.235 e. The SMILES string of the molecule is C=C[C@]1(C)C[C@@H]2C(C)=C[C@H]1C(=O)C2(OC)OC. The highest BCUT2D eigenvalue weighted by Crippen LogP contribution is 2.55. The molecule has 94 valence electrons. The summed E-state index contributed by atoms with van der Waals surface area (Å²) < 4.78 is 10.9. The first-order chi connectivity index (χ1) is 7.95. The molecule has 0 saturated heterocycles. The number of carbonyl (C=O) groups is 1. The van der Waals surface area contributed by atoms with Crippen LogP contribution in [0.3, 0.4) is 0 Å². The summed E-state index contributed by atoms with van der Waals surface area (Å²) in [4.78, 5) is 12.5. The van der Waals surface area contributed by atoms with Crippen LogP contribution in [0.1, 0.15) is 20.3 Å². The summed E-state index contributed by atoms with van der Waals surface area (Å²) >= 11 is 0. The van der Waals surface area contributed by atoms with Gasteiger partial charge in [0.2, 0.25) is 5.79 Å². The number of carbonyl (C=O) groups excluding carboxylic acids is 1. The molecule has 0 amide bonds. The molecule has 17 heavy (non-hydrogen) atoms. The maximum absolute atomic E-state index is 12.5. The van der Waals surface area contributed by atoms with Gasteiger partial charge in [0.15, 0.2) is 5.78 Å². The molecule has 3 nitrogen and oxygen atoms in total. The Morgan fingerprint density at radius 1 is 1.47 bits per heavy atom. The highest BCUT2D eigenvalue weighted by Gasteiger charge is 2.61. The number of hydrogen-bond acceptors (Lipinski definition) is 3. The summed E-state index contributed by atoms with van der Waals surface area (Å²) in [6.45, 7) is 7.99. The number of methoxy groups -OCH3 is 2. The van der Waals surface area contributed by atoms with Crippen LogP contribution in [0.5, 0.6) is 0 Å². The average Bonchev–Trinajstić information content (AvgIpc) is 2.33. The quantitative estimate of drug-likeness (QED) is 0.557. The third kappa shape index (κ3) is 1.39. The second-order valence-corrected chi connectivity index (χ2v) is 5.30. The number of allylic oxidation sites excluding steroid dienone is 2. The van der Waals surface area contributed by atoms with Crippen molar-refractivity contribution in [3.05, 3.63) is 24.3 Å². The molecule has 0 spiro atoms. The van der Waals surface area contributed by atoms with Gasteiger partial charge in [-0.15, -0.1) is 6.58 Å². The Labute approximate surface area is 102 Å². The fourth-order valence-electron chi connectivity index (χ4n) is 3.27. The molecule has 0 radical (unpaired) electrons. The van der Waals surface area contributed by atoms with Gasteiger partial charge < -0.3 is 9.47 Å². The molecule has 3 aliphatic carbocycles. The standard InChI is InChI=1S/C14H20O3/c1-6-13(3)8-11-9(2)7-10(13)12(15)14(11,16-4)17-5/h6-7,10-11H,1,8H2,2-5H3/t10-,11+,13+/m0/s1.